The van der Waals surface area contributed by atoms with Crippen molar-refractivity contribution in [3.05, 3.63) is 0 Å². The molecule has 4 aliphatic rings. The Kier molecular flexibility index (Phi) is 11.2. The van der Waals surface area contributed by atoms with Gasteiger partial charge in [0.1, 0.15) is 6.10 Å². The summed E-state index contributed by atoms with van der Waals surface area (Å²) < 4.78 is 15.2. The molecule has 4 aliphatic carbocycles. The fraction of sp³-hybridized carbons (Fsp3) is 0.919. The zero-order chi connectivity index (χ0) is 32.4. The van der Waals surface area contributed by atoms with E-state index >= 15 is 0 Å². The molecule has 4 fully saturated rings. The minimum absolute atomic E-state index is 0.233. The van der Waals surface area contributed by atoms with Gasteiger partial charge in [-0.25, -0.2) is 4.79 Å². The van der Waals surface area contributed by atoms with Gasteiger partial charge in [0.15, 0.2) is 5.60 Å². The lowest BCUT2D eigenvalue weighted by molar-refractivity contribution is -0.187. The minimum Gasteiger partial charge on any atom is -0.469 e. The van der Waals surface area contributed by atoms with Gasteiger partial charge in [-0.1, -0.05) is 54.4 Å². The van der Waals surface area contributed by atoms with Crippen LogP contribution in [0.15, 0.2) is 0 Å². The maximum Gasteiger partial charge on any atom is 0.339 e. The van der Waals surface area contributed by atoms with Gasteiger partial charge in [0, 0.05) is 0 Å². The van der Waals surface area contributed by atoms with Crippen molar-refractivity contribution in [3.63, 3.8) is 0 Å². The molecule has 7 heteroatoms. The first-order chi connectivity index (χ1) is 20.7. The molecule has 0 heterocycles. The Morgan fingerprint density at radius 2 is 1.45 bits per heavy atom. The van der Waals surface area contributed by atoms with Gasteiger partial charge in [0.2, 0.25) is 0 Å². The molecule has 0 bridgehead atoms. The van der Waals surface area contributed by atoms with Crippen LogP contribution < -0.4 is 0 Å². The van der Waals surface area contributed by atoms with Crippen molar-refractivity contribution in [2.45, 2.75) is 143 Å². The predicted octanol–water partition coefficient (Wildman–Crippen LogP) is 7.51. The van der Waals surface area contributed by atoms with Crippen LogP contribution in [0, 0.1) is 58.2 Å². The number of rotatable bonds is 12. The summed E-state index contributed by atoms with van der Waals surface area (Å²) in [5, 5.41) is 11.0. The number of hydrogen-bond acceptors (Lipinski definition) is 7. The number of carbonyl (C=O) groups excluding carboxylic acids is 3. The summed E-state index contributed by atoms with van der Waals surface area (Å²) in [6.45, 7) is 14.8. The second-order valence-electron chi connectivity index (χ2n) is 16.2. The van der Waals surface area contributed by atoms with Crippen LogP contribution in [0.2, 0.25) is 0 Å². The molecule has 0 aromatic heterocycles. The Labute approximate surface area is 266 Å². The van der Waals surface area contributed by atoms with Crippen molar-refractivity contribution in [1.82, 2.24) is 0 Å². The number of methoxy groups -OCH3 is 2. The molecule has 0 aliphatic heterocycles. The molecular formula is C37H62O7. The lowest BCUT2D eigenvalue weighted by Crippen LogP contribution is -2.55. The number of ether oxygens (including phenoxy) is 3. The highest BCUT2D eigenvalue weighted by Gasteiger charge is 2.61. The molecule has 0 spiro atoms. The summed E-state index contributed by atoms with van der Waals surface area (Å²) in [7, 11) is 2.36. The van der Waals surface area contributed by atoms with Crippen molar-refractivity contribution in [2.24, 2.45) is 58.2 Å². The Morgan fingerprint density at radius 3 is 2.05 bits per heavy atom. The molecule has 0 aromatic carbocycles. The summed E-state index contributed by atoms with van der Waals surface area (Å²) in [5.41, 5.74) is -1.61. The monoisotopic (exact) mass is 618 g/mol. The maximum atomic E-state index is 13.2. The largest absolute Gasteiger partial charge is 0.469 e. The average molecular weight is 619 g/mol. The van der Waals surface area contributed by atoms with E-state index in [0.717, 1.165) is 61.2 Å². The minimum atomic E-state index is -2.30. The van der Waals surface area contributed by atoms with Crippen molar-refractivity contribution >= 4 is 17.9 Å². The van der Waals surface area contributed by atoms with Gasteiger partial charge in [-0.2, -0.15) is 0 Å². The van der Waals surface area contributed by atoms with Crippen molar-refractivity contribution in [2.75, 3.05) is 14.2 Å². The molecule has 1 N–H and O–H groups in total. The topological polar surface area (TPSA) is 99.1 Å². The van der Waals surface area contributed by atoms with E-state index in [1.165, 1.54) is 65.6 Å². The highest BCUT2D eigenvalue weighted by Crippen LogP contribution is 2.68. The first-order valence-electron chi connectivity index (χ1n) is 17.8. The third-order valence-corrected chi connectivity index (χ3v) is 13.8. The standard InChI is InChI=1S/C37H62O7/c1-9-25(23(2)3)11-10-24(4)29-14-15-30-28-13-12-26-20-27(16-18-35(26,5)31(28)17-19-36(29,30)6)44-34(40)37(41,21-32(38)42-7)22-33(39)43-8/h23-31,41H,9-22H2,1-8H3/t24?,25?,26-,27?,28?,29?,30?,31?,35?,36?/m0/s1. The van der Waals surface area contributed by atoms with Crippen LogP contribution in [0.4, 0.5) is 0 Å². The zero-order valence-corrected chi connectivity index (χ0v) is 29.0. The third kappa shape index (κ3) is 6.88. The molecule has 0 saturated heterocycles. The molecule has 252 valence electrons. The number of aliphatic hydroxyl groups is 1. The van der Waals surface area contributed by atoms with Crippen LogP contribution in [0.25, 0.3) is 0 Å². The van der Waals surface area contributed by atoms with Crippen molar-refractivity contribution in [3.8, 4) is 0 Å². The first kappa shape index (κ1) is 35.2. The summed E-state index contributed by atoms with van der Waals surface area (Å²) in [5.74, 6) is 3.54. The van der Waals surface area contributed by atoms with Crippen LogP contribution in [0.3, 0.4) is 0 Å². The van der Waals surface area contributed by atoms with Gasteiger partial charge >= 0.3 is 17.9 Å². The van der Waals surface area contributed by atoms with E-state index in [0.29, 0.717) is 17.3 Å². The first-order valence-corrected chi connectivity index (χ1v) is 17.8. The van der Waals surface area contributed by atoms with Crippen molar-refractivity contribution in [1.29, 1.82) is 0 Å². The predicted molar refractivity (Wildman–Crippen MR) is 170 cm³/mol. The maximum absolute atomic E-state index is 13.2. The van der Waals surface area contributed by atoms with Gasteiger partial charge in [-0.15, -0.1) is 0 Å². The summed E-state index contributed by atoms with van der Waals surface area (Å²) >= 11 is 0. The summed E-state index contributed by atoms with van der Waals surface area (Å²) in [6.07, 6.45) is 12.7. The van der Waals surface area contributed by atoms with E-state index in [-0.39, 0.29) is 11.5 Å². The molecule has 0 radical (unpaired) electrons. The highest BCUT2D eigenvalue weighted by molar-refractivity contribution is 5.90. The van der Waals surface area contributed by atoms with Gasteiger partial charge < -0.3 is 19.3 Å². The summed E-state index contributed by atoms with van der Waals surface area (Å²) in [6, 6.07) is 0. The lowest BCUT2D eigenvalue weighted by Gasteiger charge is -2.61. The SMILES string of the molecule is CCC(CCC(C)C1CCC2C3CC[C@H]4CC(OC(=O)C(O)(CC(=O)OC)CC(=O)OC)CCC4(C)C3CCC12C)C(C)C. The number of fused-ring (bicyclic) bond motifs is 5. The van der Waals surface area contributed by atoms with Crippen LogP contribution in [-0.2, 0) is 28.6 Å². The molecule has 4 saturated carbocycles. The van der Waals surface area contributed by atoms with Crippen LogP contribution in [-0.4, -0.2) is 48.9 Å². The fourth-order valence-corrected chi connectivity index (χ4v) is 11.1. The Hall–Kier alpha value is -1.63. The van der Waals surface area contributed by atoms with Crippen LogP contribution in [0.5, 0.6) is 0 Å². The quantitative estimate of drug-likeness (QED) is 0.178. The Morgan fingerprint density at radius 1 is 0.841 bits per heavy atom. The second kappa shape index (κ2) is 14.0. The smallest absolute Gasteiger partial charge is 0.339 e. The molecule has 7 nitrogen and oxygen atoms in total. The van der Waals surface area contributed by atoms with Gasteiger partial charge in [-0.05, 0) is 122 Å². The van der Waals surface area contributed by atoms with E-state index in [1.54, 1.807) is 0 Å². The van der Waals surface area contributed by atoms with Crippen LogP contribution in [0.1, 0.15) is 131 Å². The van der Waals surface area contributed by atoms with Crippen molar-refractivity contribution < 1.29 is 33.7 Å². The second-order valence-corrected chi connectivity index (χ2v) is 16.2. The van der Waals surface area contributed by atoms with E-state index in [9.17, 15) is 19.5 Å². The molecule has 0 amide bonds. The number of esters is 3. The molecule has 44 heavy (non-hydrogen) atoms. The van der Waals surface area contributed by atoms with Gasteiger partial charge in [0.25, 0.3) is 0 Å². The van der Waals surface area contributed by atoms with E-state index in [4.69, 9.17) is 4.74 Å². The molecular weight excluding hydrogens is 556 g/mol. The fourth-order valence-electron chi connectivity index (χ4n) is 11.1. The Bertz CT molecular complexity index is 1010. The molecule has 0 aromatic rings. The number of carbonyl (C=O) groups is 3. The summed E-state index contributed by atoms with van der Waals surface area (Å²) in [4.78, 5) is 37.1. The number of hydrogen-bond donors (Lipinski definition) is 1. The molecule has 10 atom stereocenters. The van der Waals surface area contributed by atoms with Gasteiger partial charge in [0.05, 0.1) is 27.1 Å². The lowest BCUT2D eigenvalue weighted by atomic mass is 9.44. The normalized spacial score (nSPS) is 36.4. The van der Waals surface area contributed by atoms with E-state index in [2.05, 4.69) is 51.0 Å². The molecule has 9 unspecified atom stereocenters. The van der Waals surface area contributed by atoms with E-state index < -0.39 is 36.4 Å². The van der Waals surface area contributed by atoms with Crippen LogP contribution >= 0.6 is 0 Å². The average Bonchev–Trinajstić information content (AvgIpc) is 3.34. The Balaban J connectivity index is 1.39. The zero-order valence-electron chi connectivity index (χ0n) is 29.0. The molecule has 4 rings (SSSR count). The van der Waals surface area contributed by atoms with E-state index in [1.807, 2.05) is 0 Å². The highest BCUT2D eigenvalue weighted by atomic mass is 16.6. The third-order valence-electron chi connectivity index (χ3n) is 13.8. The van der Waals surface area contributed by atoms with Gasteiger partial charge in [-0.3, -0.25) is 9.59 Å².